The summed E-state index contributed by atoms with van der Waals surface area (Å²) in [5.41, 5.74) is 9.65. The molecule has 0 spiro atoms. The van der Waals surface area contributed by atoms with Crippen LogP contribution in [0.3, 0.4) is 0 Å². The molecule has 3 rings (SSSR count). The van der Waals surface area contributed by atoms with Gasteiger partial charge in [0.25, 0.3) is 0 Å². The van der Waals surface area contributed by atoms with Gasteiger partial charge in [0.1, 0.15) is 0 Å². The van der Waals surface area contributed by atoms with Gasteiger partial charge in [-0.3, -0.25) is 0 Å². The topological polar surface area (TPSA) is 88.0 Å². The first-order valence-electron chi connectivity index (χ1n) is 8.37. The van der Waals surface area contributed by atoms with E-state index in [0.29, 0.717) is 19.5 Å². The fourth-order valence-electron chi connectivity index (χ4n) is 2.94. The zero-order chi connectivity index (χ0) is 17.7. The average molecular weight is 357 g/mol. The first-order valence-corrected chi connectivity index (χ1v) is 10.0. The van der Waals surface area contributed by atoms with E-state index in [-0.39, 0.29) is 5.75 Å². The number of hydrogen-bond acceptors (Lipinski definition) is 3. The van der Waals surface area contributed by atoms with E-state index in [2.05, 4.69) is 9.71 Å². The van der Waals surface area contributed by atoms with Crippen molar-refractivity contribution in [2.45, 2.75) is 18.6 Å². The van der Waals surface area contributed by atoms with Crippen LogP contribution in [0, 0.1) is 0 Å². The molecule has 5 nitrogen and oxygen atoms in total. The van der Waals surface area contributed by atoms with Crippen LogP contribution in [0.25, 0.3) is 10.9 Å². The lowest BCUT2D eigenvalue weighted by atomic mass is 10.1. The Hall–Kier alpha value is -2.15. The highest BCUT2D eigenvalue weighted by Gasteiger charge is 2.12. The second kappa shape index (κ2) is 7.82. The number of sulfonamides is 1. The Morgan fingerprint density at radius 2 is 1.80 bits per heavy atom. The van der Waals surface area contributed by atoms with Crippen molar-refractivity contribution in [3.05, 3.63) is 71.4 Å². The minimum atomic E-state index is -3.37. The van der Waals surface area contributed by atoms with E-state index in [1.165, 1.54) is 0 Å². The van der Waals surface area contributed by atoms with Crippen molar-refractivity contribution in [2.24, 2.45) is 5.73 Å². The van der Waals surface area contributed by atoms with Crippen LogP contribution in [-0.2, 0) is 28.6 Å². The van der Waals surface area contributed by atoms with Gasteiger partial charge in [-0.05, 0) is 48.2 Å². The molecule has 0 fully saturated rings. The molecule has 0 saturated heterocycles. The highest BCUT2D eigenvalue weighted by Crippen LogP contribution is 2.21. The molecule has 0 atom stereocenters. The van der Waals surface area contributed by atoms with Crippen LogP contribution >= 0.6 is 0 Å². The molecule has 4 N–H and O–H groups in total. The van der Waals surface area contributed by atoms with Crippen molar-refractivity contribution in [2.75, 3.05) is 13.1 Å². The Bertz CT molecular complexity index is 934. The molecule has 25 heavy (non-hydrogen) atoms. The first kappa shape index (κ1) is 17.7. The van der Waals surface area contributed by atoms with Gasteiger partial charge in [-0.1, -0.05) is 36.4 Å². The van der Waals surface area contributed by atoms with Gasteiger partial charge in [0.2, 0.25) is 10.0 Å². The number of rotatable bonds is 8. The Balaban J connectivity index is 1.65. The second-order valence-corrected chi connectivity index (χ2v) is 7.93. The minimum Gasteiger partial charge on any atom is -0.361 e. The zero-order valence-electron chi connectivity index (χ0n) is 14.0. The van der Waals surface area contributed by atoms with Crippen LogP contribution in [0.4, 0.5) is 0 Å². The van der Waals surface area contributed by atoms with Gasteiger partial charge in [-0.2, -0.15) is 0 Å². The molecule has 1 aromatic heterocycles. The lowest BCUT2D eigenvalue weighted by Crippen LogP contribution is -2.27. The largest absolute Gasteiger partial charge is 0.361 e. The number of nitrogens with one attached hydrogen (secondary N) is 2. The van der Waals surface area contributed by atoms with Crippen molar-refractivity contribution < 1.29 is 8.42 Å². The monoisotopic (exact) mass is 357 g/mol. The molecular formula is C19H23N3O2S. The van der Waals surface area contributed by atoms with Gasteiger partial charge in [0.05, 0.1) is 5.75 Å². The molecule has 0 amide bonds. The van der Waals surface area contributed by atoms with Crippen molar-refractivity contribution in [3.63, 3.8) is 0 Å². The van der Waals surface area contributed by atoms with E-state index in [1.807, 2.05) is 54.7 Å². The zero-order valence-corrected chi connectivity index (χ0v) is 14.9. The molecule has 0 radical (unpaired) electrons. The highest BCUT2D eigenvalue weighted by molar-refractivity contribution is 7.88. The maximum Gasteiger partial charge on any atom is 0.215 e. The second-order valence-electron chi connectivity index (χ2n) is 6.12. The number of aromatic amines is 1. The average Bonchev–Trinajstić information content (AvgIpc) is 2.98. The molecule has 0 aliphatic rings. The molecular weight excluding hydrogens is 334 g/mol. The number of hydrogen-bond donors (Lipinski definition) is 3. The predicted octanol–water partition coefficient (Wildman–Crippen LogP) is 2.33. The number of nitrogens with two attached hydrogens (primary N) is 1. The molecule has 1 heterocycles. The van der Waals surface area contributed by atoms with Crippen LogP contribution in [-0.4, -0.2) is 26.5 Å². The maximum atomic E-state index is 12.3. The predicted molar refractivity (Wildman–Crippen MR) is 102 cm³/mol. The van der Waals surface area contributed by atoms with Gasteiger partial charge in [0.15, 0.2) is 0 Å². The van der Waals surface area contributed by atoms with E-state index in [9.17, 15) is 8.42 Å². The Morgan fingerprint density at radius 1 is 1.00 bits per heavy atom. The molecule has 3 aromatic rings. The van der Waals surface area contributed by atoms with Crippen molar-refractivity contribution in [3.8, 4) is 0 Å². The van der Waals surface area contributed by atoms with E-state index >= 15 is 0 Å². The van der Waals surface area contributed by atoms with Crippen LogP contribution < -0.4 is 10.5 Å². The summed E-state index contributed by atoms with van der Waals surface area (Å²) in [6.45, 7) is 0.966. The Morgan fingerprint density at radius 3 is 2.56 bits per heavy atom. The fourth-order valence-corrected chi connectivity index (χ4v) is 4.08. The van der Waals surface area contributed by atoms with E-state index in [1.54, 1.807) is 0 Å². The summed E-state index contributed by atoms with van der Waals surface area (Å²) in [5.74, 6) is -0.0228. The van der Waals surface area contributed by atoms with Crippen molar-refractivity contribution in [1.82, 2.24) is 9.71 Å². The molecule has 132 valence electrons. The molecule has 6 heteroatoms. The summed E-state index contributed by atoms with van der Waals surface area (Å²) < 4.78 is 27.4. The molecule has 0 bridgehead atoms. The summed E-state index contributed by atoms with van der Waals surface area (Å²) in [6, 6.07) is 15.5. The van der Waals surface area contributed by atoms with Crippen molar-refractivity contribution in [1.29, 1.82) is 0 Å². The Kier molecular flexibility index (Phi) is 5.53. The summed E-state index contributed by atoms with van der Waals surface area (Å²) >= 11 is 0. The van der Waals surface area contributed by atoms with Gasteiger partial charge in [-0.15, -0.1) is 0 Å². The summed E-state index contributed by atoms with van der Waals surface area (Å²) in [5, 5.41) is 1.04. The molecule has 0 unspecified atom stereocenters. The molecule has 0 aliphatic carbocycles. The first-order chi connectivity index (χ1) is 12.1. The van der Waals surface area contributed by atoms with Gasteiger partial charge < -0.3 is 10.7 Å². The number of aromatic nitrogens is 1. The van der Waals surface area contributed by atoms with Gasteiger partial charge in [0, 0.05) is 23.6 Å². The number of fused-ring (bicyclic) bond motifs is 1. The SMILES string of the molecule is NCCc1c[nH]c2ccc(CS(=O)(=O)NCCc3ccccc3)cc12. The third kappa shape index (κ3) is 4.69. The number of H-pyrrole nitrogens is 1. The molecule has 2 aromatic carbocycles. The summed E-state index contributed by atoms with van der Waals surface area (Å²) in [4.78, 5) is 3.19. The van der Waals surface area contributed by atoms with Gasteiger partial charge in [-0.25, -0.2) is 13.1 Å². The molecule has 0 saturated carbocycles. The third-order valence-electron chi connectivity index (χ3n) is 4.18. The fraction of sp³-hybridized carbons (Fsp3) is 0.263. The standard InChI is InChI=1S/C19H23N3O2S/c20-10-8-17-13-21-19-7-6-16(12-18(17)19)14-25(23,24)22-11-9-15-4-2-1-3-5-15/h1-7,12-13,21-22H,8-11,14,20H2. The lowest BCUT2D eigenvalue weighted by Gasteiger charge is -2.08. The van der Waals surface area contributed by atoms with E-state index in [0.717, 1.165) is 34.0 Å². The lowest BCUT2D eigenvalue weighted by molar-refractivity contribution is 0.581. The quantitative estimate of drug-likeness (QED) is 0.578. The summed E-state index contributed by atoms with van der Waals surface area (Å²) in [7, 11) is -3.37. The number of benzene rings is 2. The normalized spacial score (nSPS) is 11.9. The van der Waals surface area contributed by atoms with Crippen LogP contribution in [0.1, 0.15) is 16.7 Å². The third-order valence-corrected chi connectivity index (χ3v) is 5.54. The van der Waals surface area contributed by atoms with Crippen LogP contribution in [0.5, 0.6) is 0 Å². The Labute approximate surface area is 148 Å². The maximum absolute atomic E-state index is 12.3. The van der Waals surface area contributed by atoms with Crippen LogP contribution in [0.15, 0.2) is 54.7 Å². The minimum absolute atomic E-state index is 0.0228. The van der Waals surface area contributed by atoms with E-state index < -0.39 is 10.0 Å². The smallest absolute Gasteiger partial charge is 0.215 e. The summed E-state index contributed by atoms with van der Waals surface area (Å²) in [6.07, 6.45) is 3.39. The highest BCUT2D eigenvalue weighted by atomic mass is 32.2. The van der Waals surface area contributed by atoms with Crippen LogP contribution in [0.2, 0.25) is 0 Å². The van der Waals surface area contributed by atoms with Gasteiger partial charge >= 0.3 is 0 Å². The molecule has 0 aliphatic heterocycles. The van der Waals surface area contributed by atoms with Crippen molar-refractivity contribution >= 4 is 20.9 Å². The van der Waals surface area contributed by atoms with E-state index in [4.69, 9.17) is 5.73 Å².